The third-order valence-corrected chi connectivity index (χ3v) is 4.09. The molecule has 0 bridgehead atoms. The number of benzene rings is 1. The second-order valence-electron chi connectivity index (χ2n) is 4.06. The fourth-order valence-electron chi connectivity index (χ4n) is 1.87. The maximum absolute atomic E-state index is 12.3. The first-order valence-corrected chi connectivity index (χ1v) is 6.92. The van der Waals surface area contributed by atoms with E-state index >= 15 is 0 Å². The molecule has 1 aromatic heterocycles. The molecule has 0 fully saturated rings. The molecule has 8 heteroatoms. The third-order valence-electron chi connectivity index (χ3n) is 2.46. The number of hydrogen-bond donors (Lipinski definition) is 2. The number of hydrogen-bond acceptors (Lipinski definition) is 6. The Morgan fingerprint density at radius 1 is 1.16 bits per heavy atom. The fraction of sp³-hybridized carbons (Fsp3) is 0.182. The van der Waals surface area contributed by atoms with Gasteiger partial charge < -0.3 is 5.73 Å². The average molecular weight is 279 g/mol. The van der Waals surface area contributed by atoms with Gasteiger partial charge in [0.2, 0.25) is 0 Å². The molecule has 0 spiro atoms. The van der Waals surface area contributed by atoms with Crippen LogP contribution in [0.3, 0.4) is 0 Å². The van der Waals surface area contributed by atoms with Crippen LogP contribution in [0.4, 0.5) is 11.6 Å². The van der Waals surface area contributed by atoms with E-state index in [1.54, 1.807) is 26.0 Å². The second-order valence-corrected chi connectivity index (χ2v) is 5.67. The summed E-state index contributed by atoms with van der Waals surface area (Å²) in [6.07, 6.45) is 2.71. The molecule has 2 aromatic rings. The summed E-state index contributed by atoms with van der Waals surface area (Å²) in [5, 5.41) is 7.15. The van der Waals surface area contributed by atoms with Crippen LogP contribution in [0.5, 0.6) is 0 Å². The maximum Gasteiger partial charge on any atom is 0.264 e. The van der Waals surface area contributed by atoms with Crippen molar-refractivity contribution < 1.29 is 8.42 Å². The molecule has 0 atom stereocenters. The number of rotatable bonds is 3. The van der Waals surface area contributed by atoms with Gasteiger partial charge in [0.1, 0.15) is 0 Å². The van der Waals surface area contributed by atoms with Crippen molar-refractivity contribution in [2.24, 2.45) is 0 Å². The molecule has 0 radical (unpaired) electrons. The van der Waals surface area contributed by atoms with Gasteiger partial charge in [-0.05, 0) is 37.1 Å². The molecule has 0 saturated carbocycles. The number of nitrogens with zero attached hydrogens (tertiary/aromatic N) is 3. The van der Waals surface area contributed by atoms with Crippen LogP contribution in [0.2, 0.25) is 0 Å². The summed E-state index contributed by atoms with van der Waals surface area (Å²) >= 11 is 0. The van der Waals surface area contributed by atoms with Crippen molar-refractivity contribution in [3.63, 3.8) is 0 Å². The van der Waals surface area contributed by atoms with Crippen molar-refractivity contribution in [3.8, 4) is 0 Å². The number of nitrogens with one attached hydrogen (secondary N) is 1. The van der Waals surface area contributed by atoms with E-state index in [4.69, 9.17) is 5.73 Å². The van der Waals surface area contributed by atoms with Crippen LogP contribution < -0.4 is 10.5 Å². The number of nitrogen functional groups attached to an aromatic ring is 1. The van der Waals surface area contributed by atoms with Gasteiger partial charge in [0, 0.05) is 5.69 Å². The summed E-state index contributed by atoms with van der Waals surface area (Å²) in [6.45, 7) is 3.37. The molecule has 0 unspecified atom stereocenters. The number of anilines is 2. The van der Waals surface area contributed by atoms with Gasteiger partial charge in [0.15, 0.2) is 0 Å². The van der Waals surface area contributed by atoms with Gasteiger partial charge in [-0.25, -0.2) is 18.1 Å². The Hall–Kier alpha value is -2.22. The number of aryl methyl sites for hydroxylation is 2. The first-order valence-electron chi connectivity index (χ1n) is 5.43. The molecule has 19 heavy (non-hydrogen) atoms. The van der Waals surface area contributed by atoms with Crippen molar-refractivity contribution in [1.29, 1.82) is 0 Å². The highest BCUT2D eigenvalue weighted by molar-refractivity contribution is 7.92. The lowest BCUT2D eigenvalue weighted by molar-refractivity contribution is 0.599. The first-order chi connectivity index (χ1) is 8.90. The van der Waals surface area contributed by atoms with Crippen LogP contribution in [-0.4, -0.2) is 23.6 Å². The minimum absolute atomic E-state index is 0.0712. The quantitative estimate of drug-likeness (QED) is 0.806. The highest BCUT2D eigenvalue weighted by Gasteiger charge is 2.21. The predicted molar refractivity (Wildman–Crippen MR) is 71.0 cm³/mol. The van der Waals surface area contributed by atoms with Gasteiger partial charge in [-0.2, -0.15) is 5.10 Å². The Bertz CT molecular complexity index is 677. The molecular weight excluding hydrogens is 266 g/mol. The lowest BCUT2D eigenvalue weighted by Crippen LogP contribution is -2.17. The van der Waals surface area contributed by atoms with Gasteiger partial charge in [-0.15, -0.1) is 5.10 Å². The highest BCUT2D eigenvalue weighted by Crippen LogP contribution is 2.24. The van der Waals surface area contributed by atoms with E-state index in [0.717, 1.165) is 0 Å². The van der Waals surface area contributed by atoms with Gasteiger partial charge in [-0.3, -0.25) is 0 Å². The molecule has 0 amide bonds. The molecule has 100 valence electrons. The smallest absolute Gasteiger partial charge is 0.264 e. The molecule has 2 rings (SSSR count). The Balaban J connectivity index is 2.46. The molecule has 3 N–H and O–H groups in total. The maximum atomic E-state index is 12.3. The lowest BCUT2D eigenvalue weighted by atomic mass is 10.1. The Labute approximate surface area is 110 Å². The predicted octanol–water partition coefficient (Wildman–Crippen LogP) is 0.871. The highest BCUT2D eigenvalue weighted by atomic mass is 32.2. The van der Waals surface area contributed by atoms with Gasteiger partial charge in [0.05, 0.1) is 17.3 Å². The minimum atomic E-state index is -3.76. The van der Waals surface area contributed by atoms with Crippen molar-refractivity contribution >= 4 is 21.7 Å². The van der Waals surface area contributed by atoms with Crippen molar-refractivity contribution in [1.82, 2.24) is 15.2 Å². The van der Waals surface area contributed by atoms with Crippen LogP contribution in [0.1, 0.15) is 11.1 Å². The van der Waals surface area contributed by atoms with Gasteiger partial charge >= 0.3 is 0 Å². The zero-order valence-electron chi connectivity index (χ0n) is 10.5. The van der Waals surface area contributed by atoms with E-state index < -0.39 is 10.0 Å². The molecule has 1 heterocycles. The van der Waals surface area contributed by atoms with E-state index in [1.807, 2.05) is 0 Å². The average Bonchev–Trinajstić information content (AvgIpc) is 2.27. The molecule has 0 saturated heterocycles. The summed E-state index contributed by atoms with van der Waals surface area (Å²) in [6, 6.07) is 3.21. The van der Waals surface area contributed by atoms with Crippen LogP contribution in [0, 0.1) is 13.8 Å². The van der Waals surface area contributed by atoms with Crippen LogP contribution in [0.25, 0.3) is 0 Å². The normalized spacial score (nSPS) is 11.3. The monoisotopic (exact) mass is 279 g/mol. The summed E-state index contributed by atoms with van der Waals surface area (Å²) in [5.41, 5.74) is 7.32. The molecular formula is C11H13N5O2S. The lowest BCUT2D eigenvalue weighted by Gasteiger charge is -2.12. The number of aromatic nitrogens is 3. The van der Waals surface area contributed by atoms with E-state index in [2.05, 4.69) is 19.9 Å². The van der Waals surface area contributed by atoms with Crippen molar-refractivity contribution in [2.75, 3.05) is 10.5 Å². The number of nitrogens with two attached hydrogens (primary N) is 1. The third kappa shape index (κ3) is 2.79. The summed E-state index contributed by atoms with van der Waals surface area (Å²) < 4.78 is 26.9. The van der Waals surface area contributed by atoms with E-state index in [0.29, 0.717) is 16.8 Å². The van der Waals surface area contributed by atoms with E-state index in [9.17, 15) is 8.42 Å². The summed E-state index contributed by atoms with van der Waals surface area (Å²) in [4.78, 5) is 3.95. The number of sulfonamides is 1. The van der Waals surface area contributed by atoms with Crippen LogP contribution >= 0.6 is 0 Å². The fourth-order valence-corrected chi connectivity index (χ4v) is 3.27. The van der Waals surface area contributed by atoms with Crippen molar-refractivity contribution in [3.05, 3.63) is 35.7 Å². The molecule has 0 aliphatic carbocycles. The Morgan fingerprint density at radius 3 is 2.32 bits per heavy atom. The largest absolute Gasteiger partial charge is 0.399 e. The van der Waals surface area contributed by atoms with E-state index in [-0.39, 0.29) is 10.8 Å². The van der Waals surface area contributed by atoms with Gasteiger partial charge in [0.25, 0.3) is 16.0 Å². The molecule has 7 nitrogen and oxygen atoms in total. The van der Waals surface area contributed by atoms with Crippen LogP contribution in [0.15, 0.2) is 29.4 Å². The Morgan fingerprint density at radius 2 is 1.79 bits per heavy atom. The van der Waals surface area contributed by atoms with Gasteiger partial charge in [-0.1, -0.05) is 0 Å². The standard InChI is InChI=1S/C11H13N5O2S/c1-7-5-9(12)6-8(2)10(7)19(17,18)16-11-13-3-4-14-15-11/h3-6H,12H2,1-2H3,(H,13,15,16). The van der Waals surface area contributed by atoms with Crippen LogP contribution in [-0.2, 0) is 10.0 Å². The topological polar surface area (TPSA) is 111 Å². The molecule has 0 aliphatic heterocycles. The Kier molecular flexibility index (Phi) is 3.34. The summed E-state index contributed by atoms with van der Waals surface area (Å²) in [7, 11) is -3.76. The summed E-state index contributed by atoms with van der Waals surface area (Å²) in [5.74, 6) is -0.0712. The first kappa shape index (κ1) is 13.2. The SMILES string of the molecule is Cc1cc(N)cc(C)c1S(=O)(=O)Nc1nccnn1. The van der Waals surface area contributed by atoms with E-state index in [1.165, 1.54) is 12.4 Å². The zero-order valence-corrected chi connectivity index (χ0v) is 11.3. The second kappa shape index (κ2) is 4.81. The molecule has 0 aliphatic rings. The molecule has 1 aromatic carbocycles. The van der Waals surface area contributed by atoms with Crippen molar-refractivity contribution in [2.45, 2.75) is 18.7 Å². The zero-order chi connectivity index (χ0) is 14.0. The minimum Gasteiger partial charge on any atom is -0.399 e.